The van der Waals surface area contributed by atoms with Crippen LogP contribution in [0.5, 0.6) is 0 Å². The minimum atomic E-state index is 0.941. The van der Waals surface area contributed by atoms with Gasteiger partial charge in [-0.25, -0.2) is 0 Å². The number of aryl methyl sites for hydroxylation is 1. The van der Waals surface area contributed by atoms with Crippen LogP contribution in [0.1, 0.15) is 12.6 Å². The van der Waals surface area contributed by atoms with Gasteiger partial charge in [0, 0.05) is 0 Å². The van der Waals surface area contributed by atoms with Gasteiger partial charge in [0.25, 0.3) is 0 Å². The first-order valence-electron chi connectivity index (χ1n) is 2.62. The first kappa shape index (κ1) is 5.15. The highest BCUT2D eigenvalue weighted by atomic mass is 15.5. The Bertz CT molecular complexity index is 168. The summed E-state index contributed by atoms with van der Waals surface area (Å²) < 4.78 is 0. The van der Waals surface area contributed by atoms with E-state index in [4.69, 9.17) is 5.84 Å². The molecule has 0 amide bonds. The van der Waals surface area contributed by atoms with Crippen molar-refractivity contribution in [2.24, 2.45) is 0 Å². The van der Waals surface area contributed by atoms with Gasteiger partial charge in [-0.15, -0.1) is 0 Å². The number of nitrogen functional groups attached to an aromatic ring is 1. The summed E-state index contributed by atoms with van der Waals surface area (Å²) in [6, 6.07) is 1.90. The molecule has 3 nitrogen and oxygen atoms in total. The molecule has 44 valence electrons. The number of aromatic nitrogens is 2. The number of hydrogen-bond acceptors (Lipinski definition) is 2. The Morgan fingerprint density at radius 2 is 2.62 bits per heavy atom. The Hall–Kier alpha value is -0.990. The van der Waals surface area contributed by atoms with Gasteiger partial charge in [-0.1, -0.05) is 6.92 Å². The monoisotopic (exact) mass is 111 g/mol. The molecule has 1 rings (SSSR count). The molecular formula is C5H9N3. The van der Waals surface area contributed by atoms with Crippen molar-refractivity contribution in [3.05, 3.63) is 18.0 Å². The second-order valence-corrected chi connectivity index (χ2v) is 1.62. The van der Waals surface area contributed by atoms with Gasteiger partial charge in [-0.05, 0) is 12.5 Å². The molecule has 1 aromatic rings. The summed E-state index contributed by atoms with van der Waals surface area (Å²) in [5.41, 5.74) is 1.06. The fraction of sp³-hybridized carbons (Fsp3) is 0.400. The molecule has 0 atom stereocenters. The zero-order chi connectivity index (χ0) is 5.98. The van der Waals surface area contributed by atoms with E-state index in [0.717, 1.165) is 12.1 Å². The van der Waals surface area contributed by atoms with Crippen molar-refractivity contribution in [2.45, 2.75) is 13.3 Å². The Kier molecular flexibility index (Phi) is 1.20. The van der Waals surface area contributed by atoms with Gasteiger partial charge < -0.3 is 5.84 Å². The summed E-state index contributed by atoms with van der Waals surface area (Å²) >= 11 is 0. The van der Waals surface area contributed by atoms with Gasteiger partial charge in [0.1, 0.15) is 0 Å². The Balaban J connectivity index is 2.92. The van der Waals surface area contributed by atoms with Crippen LogP contribution in [0.25, 0.3) is 0 Å². The van der Waals surface area contributed by atoms with E-state index >= 15 is 0 Å². The minimum absolute atomic E-state index is 0.941. The number of nitrogens with zero attached hydrogens (tertiary/aromatic N) is 2. The third kappa shape index (κ3) is 0.665. The molecular weight excluding hydrogens is 102 g/mol. The van der Waals surface area contributed by atoms with Crippen LogP contribution in [0.3, 0.4) is 0 Å². The maximum Gasteiger partial charge on any atom is 0.0614 e. The molecule has 0 aliphatic carbocycles. The fourth-order valence-corrected chi connectivity index (χ4v) is 0.622. The first-order valence-corrected chi connectivity index (χ1v) is 2.62. The molecule has 1 aromatic heterocycles. The summed E-state index contributed by atoms with van der Waals surface area (Å²) in [4.78, 5) is 1.39. The third-order valence-corrected chi connectivity index (χ3v) is 1.11. The lowest BCUT2D eigenvalue weighted by atomic mass is 10.3. The molecule has 0 aliphatic heterocycles. The van der Waals surface area contributed by atoms with Gasteiger partial charge in [-0.2, -0.15) is 9.89 Å². The number of nitrogens with two attached hydrogens (primary N) is 1. The maximum absolute atomic E-state index is 5.36. The van der Waals surface area contributed by atoms with E-state index in [-0.39, 0.29) is 0 Å². The van der Waals surface area contributed by atoms with Crippen LogP contribution in [0.15, 0.2) is 12.3 Å². The van der Waals surface area contributed by atoms with Crippen molar-refractivity contribution in [2.75, 3.05) is 5.84 Å². The Labute approximate surface area is 48.1 Å². The zero-order valence-corrected chi connectivity index (χ0v) is 4.83. The van der Waals surface area contributed by atoms with Crippen molar-refractivity contribution < 1.29 is 0 Å². The molecule has 0 unspecified atom stereocenters. The molecule has 3 heteroatoms. The summed E-state index contributed by atoms with van der Waals surface area (Å²) in [6.45, 7) is 2.04. The van der Waals surface area contributed by atoms with E-state index in [1.165, 1.54) is 4.79 Å². The Morgan fingerprint density at radius 3 is 2.88 bits per heavy atom. The molecule has 0 saturated carbocycles. The maximum atomic E-state index is 5.36. The molecule has 8 heavy (non-hydrogen) atoms. The normalized spacial score (nSPS) is 9.62. The molecule has 2 N–H and O–H groups in total. The second kappa shape index (κ2) is 1.86. The smallest absolute Gasteiger partial charge is 0.0614 e. The highest BCUT2D eigenvalue weighted by molar-refractivity contribution is 4.98. The summed E-state index contributed by atoms with van der Waals surface area (Å²) in [6.07, 6.45) is 2.63. The third-order valence-electron chi connectivity index (χ3n) is 1.11. The zero-order valence-electron chi connectivity index (χ0n) is 4.83. The molecule has 1 heterocycles. The second-order valence-electron chi connectivity index (χ2n) is 1.62. The largest absolute Gasteiger partial charge is 0.323 e. The highest BCUT2D eigenvalue weighted by Gasteiger charge is 1.91. The van der Waals surface area contributed by atoms with Gasteiger partial charge in [0.2, 0.25) is 0 Å². The average Bonchev–Trinajstić information content (AvgIpc) is 2.14. The number of hydrogen-bond donors (Lipinski definition) is 1. The quantitative estimate of drug-likeness (QED) is 0.524. The Morgan fingerprint density at radius 1 is 1.88 bits per heavy atom. The van der Waals surface area contributed by atoms with Gasteiger partial charge in [0.15, 0.2) is 0 Å². The fourth-order valence-electron chi connectivity index (χ4n) is 0.622. The van der Waals surface area contributed by atoms with E-state index in [1.54, 1.807) is 6.20 Å². The van der Waals surface area contributed by atoms with Crippen molar-refractivity contribution in [1.82, 2.24) is 9.89 Å². The van der Waals surface area contributed by atoms with Crippen molar-refractivity contribution in [1.29, 1.82) is 0 Å². The SMILES string of the molecule is CCc1ccnn1N. The first-order chi connectivity index (χ1) is 3.84. The van der Waals surface area contributed by atoms with Crippen LogP contribution < -0.4 is 5.84 Å². The molecule has 0 radical (unpaired) electrons. The summed E-state index contributed by atoms with van der Waals surface area (Å²) in [5, 5.41) is 3.78. The van der Waals surface area contributed by atoms with Crippen LogP contribution >= 0.6 is 0 Å². The van der Waals surface area contributed by atoms with Crippen LogP contribution in [0.2, 0.25) is 0 Å². The summed E-state index contributed by atoms with van der Waals surface area (Å²) in [5.74, 6) is 5.36. The average molecular weight is 111 g/mol. The summed E-state index contributed by atoms with van der Waals surface area (Å²) in [7, 11) is 0. The van der Waals surface area contributed by atoms with E-state index < -0.39 is 0 Å². The van der Waals surface area contributed by atoms with E-state index in [9.17, 15) is 0 Å². The van der Waals surface area contributed by atoms with Crippen LogP contribution in [0, 0.1) is 0 Å². The van der Waals surface area contributed by atoms with E-state index in [0.29, 0.717) is 0 Å². The lowest BCUT2D eigenvalue weighted by Gasteiger charge is -1.92. The van der Waals surface area contributed by atoms with Crippen molar-refractivity contribution in [3.63, 3.8) is 0 Å². The van der Waals surface area contributed by atoms with Gasteiger partial charge >= 0.3 is 0 Å². The lowest BCUT2D eigenvalue weighted by Crippen LogP contribution is -2.12. The highest BCUT2D eigenvalue weighted by Crippen LogP contribution is 1.92. The van der Waals surface area contributed by atoms with Gasteiger partial charge in [0.05, 0.1) is 11.9 Å². The van der Waals surface area contributed by atoms with E-state index in [1.807, 2.05) is 13.0 Å². The molecule has 0 saturated heterocycles. The van der Waals surface area contributed by atoms with Crippen LogP contribution in [-0.4, -0.2) is 9.89 Å². The molecule has 0 spiro atoms. The minimum Gasteiger partial charge on any atom is -0.323 e. The molecule has 0 aliphatic rings. The predicted octanol–water partition coefficient (Wildman–Crippen LogP) is 0.159. The van der Waals surface area contributed by atoms with E-state index in [2.05, 4.69) is 5.10 Å². The molecule has 0 aromatic carbocycles. The molecule has 0 bridgehead atoms. The van der Waals surface area contributed by atoms with Crippen LogP contribution in [0.4, 0.5) is 0 Å². The predicted molar refractivity (Wildman–Crippen MR) is 31.8 cm³/mol. The number of rotatable bonds is 1. The lowest BCUT2D eigenvalue weighted by molar-refractivity contribution is 0.772. The topological polar surface area (TPSA) is 43.8 Å². The van der Waals surface area contributed by atoms with Crippen molar-refractivity contribution >= 4 is 0 Å². The molecule has 0 fully saturated rings. The van der Waals surface area contributed by atoms with Gasteiger partial charge in [-0.3, -0.25) is 0 Å². The standard InChI is InChI=1S/C5H9N3/c1-2-5-3-4-7-8(5)6/h3-4H,2,6H2,1H3. The van der Waals surface area contributed by atoms with Crippen LogP contribution in [-0.2, 0) is 6.42 Å². The van der Waals surface area contributed by atoms with Crippen molar-refractivity contribution in [3.8, 4) is 0 Å².